The molecule has 0 spiro atoms. The highest BCUT2D eigenvalue weighted by Gasteiger charge is 2.72. The summed E-state index contributed by atoms with van der Waals surface area (Å²) in [4.78, 5) is 0. The summed E-state index contributed by atoms with van der Waals surface area (Å²) in [6.45, 7) is 4.83. The van der Waals surface area contributed by atoms with Crippen LogP contribution in [-0.4, -0.2) is 0 Å². The zero-order chi connectivity index (χ0) is 28.1. The van der Waals surface area contributed by atoms with E-state index in [-0.39, 0.29) is 5.41 Å². The van der Waals surface area contributed by atoms with Crippen molar-refractivity contribution in [3.05, 3.63) is 157 Å². The molecule has 0 amide bonds. The summed E-state index contributed by atoms with van der Waals surface area (Å²) in [5.74, 6) is 2.19. The molecule has 6 aromatic rings. The fourth-order valence-corrected chi connectivity index (χ4v) is 17.1. The molecule has 3 heterocycles. The van der Waals surface area contributed by atoms with Gasteiger partial charge in [-0.1, -0.05) is 98.8 Å². The number of ether oxygens (including phenoxy) is 1. The van der Waals surface area contributed by atoms with Gasteiger partial charge in [-0.2, -0.15) is 0 Å². The van der Waals surface area contributed by atoms with Crippen molar-refractivity contribution in [3.63, 3.8) is 0 Å². The molecule has 3 aliphatic rings. The molecule has 0 fully saturated rings. The Kier molecular flexibility index (Phi) is 4.98. The van der Waals surface area contributed by atoms with Crippen molar-refractivity contribution in [2.45, 2.75) is 19.3 Å². The van der Waals surface area contributed by atoms with E-state index in [1.807, 2.05) is 0 Å². The largest absolute Gasteiger partial charge is 0.448 e. The van der Waals surface area contributed by atoms with Gasteiger partial charge >= 0.3 is 0 Å². The molecule has 0 atom stereocenters. The molecule has 6 aromatic carbocycles. The third-order valence-electron chi connectivity index (χ3n) is 9.65. The minimum Gasteiger partial charge on any atom is -0.448 e. The van der Waals surface area contributed by atoms with Crippen molar-refractivity contribution in [3.8, 4) is 11.5 Å². The Morgan fingerprint density at radius 1 is 0.452 bits per heavy atom. The van der Waals surface area contributed by atoms with Crippen LogP contribution < -0.4 is 47.2 Å². The van der Waals surface area contributed by atoms with Crippen LogP contribution >= 0.6 is 14.5 Å². The third kappa shape index (κ3) is 2.86. The van der Waals surface area contributed by atoms with Crippen LogP contribution in [0, 0.1) is 0 Å². The van der Waals surface area contributed by atoms with E-state index in [1.165, 1.54) is 53.6 Å². The van der Waals surface area contributed by atoms with E-state index in [9.17, 15) is 0 Å². The van der Waals surface area contributed by atoms with E-state index >= 15 is 0 Å². The quantitative estimate of drug-likeness (QED) is 0.234. The van der Waals surface area contributed by atoms with Crippen LogP contribution in [0.15, 0.2) is 146 Å². The summed E-state index contributed by atoms with van der Waals surface area (Å²) in [6.07, 6.45) is 0. The van der Waals surface area contributed by atoms with Crippen molar-refractivity contribution in [1.29, 1.82) is 0 Å². The van der Waals surface area contributed by atoms with Crippen molar-refractivity contribution in [2.75, 3.05) is 0 Å². The van der Waals surface area contributed by atoms with Gasteiger partial charge in [-0.25, -0.2) is 0 Å². The summed E-state index contributed by atoms with van der Waals surface area (Å²) >= 11 is 0. The summed E-state index contributed by atoms with van der Waals surface area (Å²) in [7, 11) is -4.22. The van der Waals surface area contributed by atoms with Gasteiger partial charge in [-0.15, -0.1) is 0 Å². The van der Waals surface area contributed by atoms with E-state index in [4.69, 9.17) is 4.74 Å². The highest BCUT2D eigenvalue weighted by atomic mass is 31.2. The molecule has 0 aromatic heterocycles. The SMILES string of the molecule is CC1(C)c2cccc3c2Oc2c(cc4c(c21)[P+]4(c1ccccc1)c1ccccc1)[P+]3(c1ccccc1)c1ccccc1. The molecule has 0 saturated heterocycles. The number of para-hydroxylation sites is 1. The van der Waals surface area contributed by atoms with Crippen LogP contribution in [0.1, 0.15) is 25.0 Å². The molecule has 3 aliphatic heterocycles. The molecule has 42 heavy (non-hydrogen) atoms. The first kappa shape index (κ1) is 24.6. The van der Waals surface area contributed by atoms with Gasteiger partial charge in [0.05, 0.1) is 5.56 Å². The van der Waals surface area contributed by atoms with Crippen LogP contribution in [-0.2, 0) is 5.41 Å². The topological polar surface area (TPSA) is 9.23 Å². The number of benzene rings is 6. The van der Waals surface area contributed by atoms with Gasteiger partial charge < -0.3 is 4.74 Å². The summed E-state index contributed by atoms with van der Waals surface area (Å²) in [5.41, 5.74) is 2.51. The smallest absolute Gasteiger partial charge is 0.179 e. The molecule has 1 nitrogen and oxygen atoms in total. The number of hydrogen-bond acceptors (Lipinski definition) is 1. The van der Waals surface area contributed by atoms with Crippen LogP contribution in [0.25, 0.3) is 0 Å². The fraction of sp³-hybridized carbons (Fsp3) is 0.0769. The maximum Gasteiger partial charge on any atom is 0.179 e. The van der Waals surface area contributed by atoms with Crippen LogP contribution in [0.3, 0.4) is 0 Å². The molecule has 2 bridgehead atoms. The zero-order valence-electron chi connectivity index (χ0n) is 23.7. The minimum absolute atomic E-state index is 0.187. The summed E-state index contributed by atoms with van der Waals surface area (Å²) < 4.78 is 7.14. The number of rotatable bonds is 4. The Labute approximate surface area is 248 Å². The lowest BCUT2D eigenvalue weighted by Gasteiger charge is -2.41. The van der Waals surface area contributed by atoms with Gasteiger partial charge in [0.2, 0.25) is 0 Å². The maximum atomic E-state index is 7.14. The summed E-state index contributed by atoms with van der Waals surface area (Å²) in [5, 5.41) is 11.4. The molecular weight excluding hydrogens is 546 g/mol. The Morgan fingerprint density at radius 2 is 0.929 bits per heavy atom. The molecule has 3 heteroatoms. The van der Waals surface area contributed by atoms with Crippen molar-refractivity contribution in [2.24, 2.45) is 0 Å². The van der Waals surface area contributed by atoms with Crippen LogP contribution in [0.2, 0.25) is 0 Å². The molecule has 0 unspecified atom stereocenters. The number of fused-ring (bicyclic) bond motifs is 2. The van der Waals surface area contributed by atoms with Crippen molar-refractivity contribution in [1.82, 2.24) is 0 Å². The van der Waals surface area contributed by atoms with Crippen LogP contribution in [0.4, 0.5) is 0 Å². The predicted octanol–water partition coefficient (Wildman–Crippen LogP) is 5.98. The maximum absolute atomic E-state index is 7.14. The minimum atomic E-state index is -2.26. The first-order chi connectivity index (χ1) is 20.6. The Hall–Kier alpha value is -4.02. The van der Waals surface area contributed by atoms with E-state index in [0.717, 1.165) is 11.5 Å². The van der Waals surface area contributed by atoms with E-state index in [1.54, 1.807) is 0 Å². The predicted molar refractivity (Wildman–Crippen MR) is 182 cm³/mol. The lowest BCUT2D eigenvalue weighted by molar-refractivity contribution is 0.425. The molecule has 0 radical (unpaired) electrons. The second-order valence-electron chi connectivity index (χ2n) is 12.0. The van der Waals surface area contributed by atoms with Crippen molar-refractivity contribution >= 4 is 57.0 Å². The van der Waals surface area contributed by atoms with Gasteiger partial charge in [-0.3, -0.25) is 0 Å². The normalized spacial score (nSPS) is 17.1. The Morgan fingerprint density at radius 3 is 1.43 bits per heavy atom. The van der Waals surface area contributed by atoms with Crippen LogP contribution in [0.5, 0.6) is 11.5 Å². The first-order valence-electron chi connectivity index (χ1n) is 14.7. The highest BCUT2D eigenvalue weighted by Crippen LogP contribution is 2.72. The first-order valence-corrected chi connectivity index (χ1v) is 18.2. The molecule has 200 valence electrons. The van der Waals surface area contributed by atoms with E-state index in [0.29, 0.717) is 0 Å². The molecule has 0 aliphatic carbocycles. The average Bonchev–Trinajstić information content (AvgIpc) is 3.72. The lowest BCUT2D eigenvalue weighted by atomic mass is 9.75. The standard InChI is InChI=1S/C39H30OP2/c1-39(2)31-24-15-25-32-36(31)40-37-33(41(32,27-16-7-3-8-17-27)28-18-9-4-10-19-28)26-34-38(35(37)39)42(34,29-20-11-5-12-21-29)30-22-13-6-14-23-30/h3-26H,1-2H3/q+2. The molecule has 0 saturated carbocycles. The van der Waals surface area contributed by atoms with Gasteiger partial charge in [0.1, 0.15) is 21.2 Å². The Balaban J connectivity index is 1.48. The zero-order valence-corrected chi connectivity index (χ0v) is 25.4. The highest BCUT2D eigenvalue weighted by molar-refractivity contribution is 8.10. The van der Waals surface area contributed by atoms with Crippen molar-refractivity contribution < 1.29 is 4.74 Å². The van der Waals surface area contributed by atoms with Gasteiger partial charge in [0, 0.05) is 17.0 Å². The monoisotopic (exact) mass is 576 g/mol. The summed E-state index contributed by atoms with van der Waals surface area (Å²) in [6, 6.07) is 54.5. The molecular formula is C39H30OP2+2. The van der Waals surface area contributed by atoms with E-state index in [2.05, 4.69) is 159 Å². The lowest BCUT2D eigenvalue weighted by Crippen LogP contribution is -2.47. The third-order valence-corrected chi connectivity index (χ3v) is 18.1. The molecule has 9 rings (SSSR count). The molecule has 0 N–H and O–H groups in total. The van der Waals surface area contributed by atoms with Gasteiger partial charge in [-0.05, 0) is 54.6 Å². The van der Waals surface area contributed by atoms with E-state index < -0.39 is 14.5 Å². The second-order valence-corrected chi connectivity index (χ2v) is 18.7. The van der Waals surface area contributed by atoms with Gasteiger partial charge in [0.15, 0.2) is 47.2 Å². The Bertz CT molecular complexity index is 1940. The second kappa shape index (κ2) is 8.52. The number of hydrogen-bond donors (Lipinski definition) is 0. The van der Waals surface area contributed by atoms with Gasteiger partial charge in [0.25, 0.3) is 0 Å². The fourth-order valence-electron chi connectivity index (χ4n) is 7.84. The average molecular weight is 577 g/mol.